The highest BCUT2D eigenvalue weighted by molar-refractivity contribution is 6.04. The minimum atomic E-state index is -0.377. The van der Waals surface area contributed by atoms with Gasteiger partial charge in [0.1, 0.15) is 5.82 Å². The molecule has 6 nitrogen and oxygen atoms in total. The number of hydrogen-bond acceptors (Lipinski definition) is 4. The molecule has 0 bridgehead atoms. The molecular weight excluding hydrogens is 371 g/mol. The first-order valence-electron chi connectivity index (χ1n) is 9.31. The van der Waals surface area contributed by atoms with Crippen molar-refractivity contribution in [3.8, 4) is 17.0 Å². The van der Waals surface area contributed by atoms with Gasteiger partial charge in [0.15, 0.2) is 11.5 Å². The molecule has 0 unspecified atom stereocenters. The van der Waals surface area contributed by atoms with Crippen molar-refractivity contribution in [2.24, 2.45) is 0 Å². The van der Waals surface area contributed by atoms with E-state index in [2.05, 4.69) is 15.6 Å². The molecule has 0 atom stereocenters. The van der Waals surface area contributed by atoms with Crippen LogP contribution in [0.15, 0.2) is 59.1 Å². The minimum absolute atomic E-state index is 0.252. The predicted octanol–water partition coefficient (Wildman–Crippen LogP) is 4.33. The van der Waals surface area contributed by atoms with Gasteiger partial charge in [-0.2, -0.15) is 5.10 Å². The molecule has 1 N–H and O–H groups in total. The van der Waals surface area contributed by atoms with Crippen LogP contribution in [0.1, 0.15) is 27.4 Å². The molecule has 7 heteroatoms. The van der Waals surface area contributed by atoms with Gasteiger partial charge in [-0.1, -0.05) is 23.4 Å². The van der Waals surface area contributed by atoms with Gasteiger partial charge in [-0.05, 0) is 56.2 Å². The second kappa shape index (κ2) is 6.70. The molecule has 0 radical (unpaired) electrons. The van der Waals surface area contributed by atoms with Crippen molar-refractivity contribution >= 4 is 11.6 Å². The topological polar surface area (TPSA) is 73.0 Å². The Labute approximate surface area is 166 Å². The summed E-state index contributed by atoms with van der Waals surface area (Å²) in [6.45, 7) is 1.92. The third kappa shape index (κ3) is 2.91. The summed E-state index contributed by atoms with van der Waals surface area (Å²) in [5.74, 6) is -0.145. The second-order valence-electron chi connectivity index (χ2n) is 6.95. The summed E-state index contributed by atoms with van der Waals surface area (Å²) in [6.07, 6.45) is 1.34. The number of carbonyl (C=O) groups excluding carboxylic acids is 1. The van der Waals surface area contributed by atoms with Crippen molar-refractivity contribution < 1.29 is 13.7 Å². The largest absolute Gasteiger partial charge is 0.355 e. The second-order valence-corrected chi connectivity index (χ2v) is 6.95. The molecule has 2 aromatic carbocycles. The van der Waals surface area contributed by atoms with E-state index in [1.165, 1.54) is 24.3 Å². The number of fused-ring (bicyclic) bond motifs is 3. The Kier molecular flexibility index (Phi) is 4.01. The summed E-state index contributed by atoms with van der Waals surface area (Å²) >= 11 is 0. The number of halogens is 1. The standard InChI is InChI=1S/C22H17FN4O2/c1-13-19-18(27(25-13)16-5-3-2-4-6-16)12-11-17-20(26-29-21(17)19)22(28)24-15-9-7-14(23)8-10-15/h2-10H,11-12H2,1H3,(H,24,28). The lowest BCUT2D eigenvalue weighted by atomic mass is 9.92. The maximum Gasteiger partial charge on any atom is 0.278 e. The molecule has 0 saturated carbocycles. The van der Waals surface area contributed by atoms with E-state index in [1.54, 1.807) is 0 Å². The van der Waals surface area contributed by atoms with Crippen LogP contribution < -0.4 is 5.32 Å². The van der Waals surface area contributed by atoms with Crippen LogP contribution in [0.2, 0.25) is 0 Å². The number of aromatic nitrogens is 3. The lowest BCUT2D eigenvalue weighted by Crippen LogP contribution is -2.16. The van der Waals surface area contributed by atoms with Crippen molar-refractivity contribution in [3.05, 3.63) is 83.1 Å². The quantitative estimate of drug-likeness (QED) is 0.567. The fraction of sp³-hybridized carbons (Fsp3) is 0.136. The summed E-state index contributed by atoms with van der Waals surface area (Å²) in [4.78, 5) is 12.7. The molecule has 0 aliphatic heterocycles. The molecular formula is C22H17FN4O2. The van der Waals surface area contributed by atoms with Crippen molar-refractivity contribution in [2.75, 3.05) is 5.32 Å². The van der Waals surface area contributed by atoms with E-state index in [0.717, 1.165) is 34.6 Å². The number of carbonyl (C=O) groups is 1. The Balaban J connectivity index is 1.51. The van der Waals surface area contributed by atoms with Crippen LogP contribution in [0.25, 0.3) is 17.0 Å². The fourth-order valence-electron chi connectivity index (χ4n) is 3.77. The summed E-state index contributed by atoms with van der Waals surface area (Å²) in [7, 11) is 0. The average Bonchev–Trinajstić information content (AvgIpc) is 3.31. The Morgan fingerprint density at radius 1 is 1.10 bits per heavy atom. The Hall–Kier alpha value is -3.74. The monoisotopic (exact) mass is 388 g/mol. The molecule has 5 rings (SSSR count). The first-order chi connectivity index (χ1) is 14.1. The van der Waals surface area contributed by atoms with Crippen molar-refractivity contribution in [2.45, 2.75) is 19.8 Å². The number of benzene rings is 2. The van der Waals surface area contributed by atoms with E-state index < -0.39 is 0 Å². The number of para-hydroxylation sites is 1. The van der Waals surface area contributed by atoms with Crippen LogP contribution in [0.4, 0.5) is 10.1 Å². The van der Waals surface area contributed by atoms with E-state index in [1.807, 2.05) is 41.9 Å². The summed E-state index contributed by atoms with van der Waals surface area (Å²) in [5.41, 5.74) is 5.26. The zero-order valence-corrected chi connectivity index (χ0v) is 15.6. The molecule has 2 heterocycles. The number of hydrogen-bond donors (Lipinski definition) is 1. The highest BCUT2D eigenvalue weighted by Crippen LogP contribution is 2.38. The number of aryl methyl sites for hydroxylation is 1. The molecule has 0 spiro atoms. The maximum absolute atomic E-state index is 13.1. The number of rotatable bonds is 3. The van der Waals surface area contributed by atoms with Gasteiger partial charge >= 0.3 is 0 Å². The molecule has 0 fully saturated rings. The normalized spacial score (nSPS) is 12.3. The molecule has 29 heavy (non-hydrogen) atoms. The Bertz CT molecular complexity index is 1210. The summed E-state index contributed by atoms with van der Waals surface area (Å²) in [5, 5.41) is 11.5. The number of amides is 1. The third-order valence-electron chi connectivity index (χ3n) is 5.10. The van der Waals surface area contributed by atoms with Crippen LogP contribution in [0.3, 0.4) is 0 Å². The van der Waals surface area contributed by atoms with E-state index >= 15 is 0 Å². The van der Waals surface area contributed by atoms with Crippen LogP contribution in [0.5, 0.6) is 0 Å². The molecule has 2 aromatic heterocycles. The van der Waals surface area contributed by atoms with Gasteiger partial charge in [-0.25, -0.2) is 9.07 Å². The average molecular weight is 388 g/mol. The van der Waals surface area contributed by atoms with E-state index in [-0.39, 0.29) is 17.4 Å². The molecule has 1 aliphatic carbocycles. The van der Waals surface area contributed by atoms with Crippen LogP contribution in [0, 0.1) is 12.7 Å². The van der Waals surface area contributed by atoms with Crippen molar-refractivity contribution in [3.63, 3.8) is 0 Å². The van der Waals surface area contributed by atoms with Crippen molar-refractivity contribution in [1.82, 2.24) is 14.9 Å². The molecule has 144 valence electrons. The van der Waals surface area contributed by atoms with E-state index in [4.69, 9.17) is 4.52 Å². The van der Waals surface area contributed by atoms with Gasteiger partial charge in [0, 0.05) is 11.3 Å². The van der Waals surface area contributed by atoms with Crippen LogP contribution >= 0.6 is 0 Å². The Morgan fingerprint density at radius 3 is 2.62 bits per heavy atom. The van der Waals surface area contributed by atoms with E-state index in [9.17, 15) is 9.18 Å². The van der Waals surface area contributed by atoms with Crippen LogP contribution in [-0.4, -0.2) is 20.8 Å². The van der Waals surface area contributed by atoms with Crippen LogP contribution in [-0.2, 0) is 12.8 Å². The first kappa shape index (κ1) is 17.4. The summed E-state index contributed by atoms with van der Waals surface area (Å²) < 4.78 is 20.6. The highest BCUT2D eigenvalue weighted by atomic mass is 19.1. The number of anilines is 1. The smallest absolute Gasteiger partial charge is 0.278 e. The van der Waals surface area contributed by atoms with Crippen molar-refractivity contribution in [1.29, 1.82) is 0 Å². The molecule has 1 aliphatic rings. The van der Waals surface area contributed by atoms with Gasteiger partial charge in [-0.15, -0.1) is 0 Å². The lowest BCUT2D eigenvalue weighted by molar-refractivity contribution is 0.101. The molecule has 0 saturated heterocycles. The third-order valence-corrected chi connectivity index (χ3v) is 5.10. The lowest BCUT2D eigenvalue weighted by Gasteiger charge is -2.14. The van der Waals surface area contributed by atoms with Gasteiger partial charge in [-0.3, -0.25) is 4.79 Å². The van der Waals surface area contributed by atoms with Gasteiger partial charge in [0.2, 0.25) is 0 Å². The first-order valence-corrected chi connectivity index (χ1v) is 9.31. The molecule has 1 amide bonds. The number of nitrogens with one attached hydrogen (secondary N) is 1. The predicted molar refractivity (Wildman–Crippen MR) is 106 cm³/mol. The summed E-state index contributed by atoms with van der Waals surface area (Å²) in [6, 6.07) is 15.5. The van der Waals surface area contributed by atoms with E-state index in [0.29, 0.717) is 17.9 Å². The highest BCUT2D eigenvalue weighted by Gasteiger charge is 2.32. The maximum atomic E-state index is 13.1. The Morgan fingerprint density at radius 2 is 1.86 bits per heavy atom. The van der Waals surface area contributed by atoms with Gasteiger partial charge in [0.25, 0.3) is 5.91 Å². The zero-order chi connectivity index (χ0) is 20.0. The zero-order valence-electron chi connectivity index (χ0n) is 15.6. The van der Waals surface area contributed by atoms with Gasteiger partial charge in [0.05, 0.1) is 22.6 Å². The fourth-order valence-corrected chi connectivity index (χ4v) is 3.77. The SMILES string of the molecule is Cc1nn(-c2ccccc2)c2c1-c1onc(C(=O)Nc3ccc(F)cc3)c1CC2. The molecule has 4 aromatic rings. The number of nitrogens with zero attached hydrogens (tertiary/aromatic N) is 3. The minimum Gasteiger partial charge on any atom is -0.355 e. The van der Waals surface area contributed by atoms with Gasteiger partial charge < -0.3 is 9.84 Å².